The maximum Gasteiger partial charge on any atom is 0.320 e. The van der Waals surface area contributed by atoms with Crippen molar-refractivity contribution < 1.29 is 9.59 Å². The van der Waals surface area contributed by atoms with Gasteiger partial charge in [-0.3, -0.25) is 4.79 Å². The lowest BCUT2D eigenvalue weighted by Crippen LogP contribution is -2.47. The molecule has 33 heavy (non-hydrogen) atoms. The molecule has 3 amide bonds. The molecule has 3 heterocycles. The zero-order valence-electron chi connectivity index (χ0n) is 20.5. The number of benzene rings is 1. The SMILES string of the molecule is CC(C)c1ccc(-c2ccc(C(=O)N(C)[C@H]3CCN(C(=O)N(C)[C@@H]4CCN(C)C4)C3)s2)cc1. The monoisotopic (exact) mass is 468 g/mol. The number of rotatable bonds is 5. The third kappa shape index (κ3) is 5.09. The van der Waals surface area contributed by atoms with E-state index in [0.717, 1.165) is 41.2 Å². The van der Waals surface area contributed by atoms with E-state index in [-0.39, 0.29) is 24.0 Å². The molecule has 1 aromatic carbocycles. The Morgan fingerprint density at radius 3 is 2.24 bits per heavy atom. The molecule has 4 rings (SSSR count). The van der Waals surface area contributed by atoms with Crippen molar-refractivity contribution in [3.63, 3.8) is 0 Å². The van der Waals surface area contributed by atoms with Gasteiger partial charge in [0.25, 0.3) is 5.91 Å². The van der Waals surface area contributed by atoms with Gasteiger partial charge < -0.3 is 19.6 Å². The molecule has 0 unspecified atom stereocenters. The Balaban J connectivity index is 1.36. The molecule has 2 aliphatic heterocycles. The second-order valence-electron chi connectivity index (χ2n) is 9.84. The fraction of sp³-hybridized carbons (Fsp3) is 0.538. The summed E-state index contributed by atoms with van der Waals surface area (Å²) < 4.78 is 0. The predicted octanol–water partition coefficient (Wildman–Crippen LogP) is 4.44. The van der Waals surface area contributed by atoms with Gasteiger partial charge in [0.05, 0.1) is 10.9 Å². The number of amides is 3. The van der Waals surface area contributed by atoms with Gasteiger partial charge in [-0.05, 0) is 55.6 Å². The maximum absolute atomic E-state index is 13.2. The van der Waals surface area contributed by atoms with Crippen molar-refractivity contribution in [2.24, 2.45) is 0 Å². The van der Waals surface area contributed by atoms with Crippen LogP contribution >= 0.6 is 11.3 Å². The van der Waals surface area contributed by atoms with Crippen LogP contribution in [0.1, 0.15) is 47.8 Å². The van der Waals surface area contributed by atoms with Crippen LogP contribution in [0.15, 0.2) is 36.4 Å². The molecule has 0 N–H and O–H groups in total. The Kier molecular flexibility index (Phi) is 7.10. The zero-order chi connectivity index (χ0) is 23.7. The van der Waals surface area contributed by atoms with Crippen molar-refractivity contribution in [3.05, 3.63) is 46.8 Å². The average molecular weight is 469 g/mol. The highest BCUT2D eigenvalue weighted by molar-refractivity contribution is 7.17. The first kappa shape index (κ1) is 23.8. The summed E-state index contributed by atoms with van der Waals surface area (Å²) in [5, 5.41) is 0. The largest absolute Gasteiger partial charge is 0.336 e. The fourth-order valence-electron chi connectivity index (χ4n) is 4.82. The second-order valence-corrected chi connectivity index (χ2v) is 10.9. The van der Waals surface area contributed by atoms with Crippen molar-refractivity contribution in [1.82, 2.24) is 19.6 Å². The number of carbonyl (C=O) groups is 2. The van der Waals surface area contributed by atoms with Crippen LogP contribution in [-0.4, -0.2) is 90.9 Å². The Hall–Kier alpha value is -2.38. The molecule has 2 aliphatic rings. The molecule has 0 bridgehead atoms. The van der Waals surface area contributed by atoms with E-state index in [2.05, 4.69) is 50.1 Å². The summed E-state index contributed by atoms with van der Waals surface area (Å²) in [4.78, 5) is 35.9. The number of likely N-dealkylation sites (tertiary alicyclic amines) is 2. The van der Waals surface area contributed by atoms with Gasteiger partial charge in [0.1, 0.15) is 0 Å². The van der Waals surface area contributed by atoms with Crippen LogP contribution in [0.3, 0.4) is 0 Å². The van der Waals surface area contributed by atoms with E-state index in [1.165, 1.54) is 16.9 Å². The normalized spacial score (nSPS) is 21.1. The van der Waals surface area contributed by atoms with E-state index in [0.29, 0.717) is 19.0 Å². The number of likely N-dealkylation sites (N-methyl/N-ethyl adjacent to an activating group) is 3. The molecule has 1 aromatic heterocycles. The molecular weight excluding hydrogens is 432 g/mol. The van der Waals surface area contributed by atoms with E-state index in [1.807, 2.05) is 40.9 Å². The van der Waals surface area contributed by atoms with Crippen LogP contribution in [0.4, 0.5) is 4.79 Å². The van der Waals surface area contributed by atoms with E-state index < -0.39 is 0 Å². The highest BCUT2D eigenvalue weighted by Crippen LogP contribution is 2.31. The lowest BCUT2D eigenvalue weighted by atomic mass is 10.0. The smallest absolute Gasteiger partial charge is 0.320 e. The highest BCUT2D eigenvalue weighted by atomic mass is 32.1. The van der Waals surface area contributed by atoms with Gasteiger partial charge in [-0.25, -0.2) is 4.79 Å². The fourth-order valence-corrected chi connectivity index (χ4v) is 5.81. The Bertz CT molecular complexity index is 986. The summed E-state index contributed by atoms with van der Waals surface area (Å²) in [5.41, 5.74) is 2.46. The minimum absolute atomic E-state index is 0.0371. The number of hydrogen-bond donors (Lipinski definition) is 0. The van der Waals surface area contributed by atoms with Gasteiger partial charge in [-0.1, -0.05) is 38.1 Å². The first-order valence-electron chi connectivity index (χ1n) is 11.9. The first-order chi connectivity index (χ1) is 15.7. The molecule has 6 nitrogen and oxygen atoms in total. The molecule has 2 atom stereocenters. The van der Waals surface area contributed by atoms with E-state index >= 15 is 0 Å². The van der Waals surface area contributed by atoms with Gasteiger partial charge in [-0.2, -0.15) is 0 Å². The number of hydrogen-bond acceptors (Lipinski definition) is 4. The van der Waals surface area contributed by atoms with Crippen molar-refractivity contribution >= 4 is 23.3 Å². The quantitative estimate of drug-likeness (QED) is 0.652. The predicted molar refractivity (Wildman–Crippen MR) is 135 cm³/mol. The molecule has 2 aromatic rings. The molecule has 178 valence electrons. The summed E-state index contributed by atoms with van der Waals surface area (Å²) in [6.07, 6.45) is 1.84. The van der Waals surface area contributed by atoms with Crippen LogP contribution in [0.5, 0.6) is 0 Å². The summed E-state index contributed by atoms with van der Waals surface area (Å²) in [7, 11) is 5.88. The summed E-state index contributed by atoms with van der Waals surface area (Å²) in [6, 6.07) is 13.0. The molecule has 0 saturated carbocycles. The molecule has 2 fully saturated rings. The van der Waals surface area contributed by atoms with Crippen LogP contribution in [0, 0.1) is 0 Å². The lowest BCUT2D eigenvalue weighted by molar-refractivity contribution is 0.0739. The molecule has 0 spiro atoms. The molecule has 0 radical (unpaired) electrons. The molecular formula is C26H36N4O2S. The highest BCUT2D eigenvalue weighted by Gasteiger charge is 2.35. The Morgan fingerprint density at radius 1 is 0.939 bits per heavy atom. The van der Waals surface area contributed by atoms with Gasteiger partial charge in [0.2, 0.25) is 0 Å². The summed E-state index contributed by atoms with van der Waals surface area (Å²) >= 11 is 1.54. The topological polar surface area (TPSA) is 47.1 Å². The maximum atomic E-state index is 13.2. The summed E-state index contributed by atoms with van der Waals surface area (Å²) in [6.45, 7) is 7.64. The van der Waals surface area contributed by atoms with Crippen molar-refractivity contribution in [1.29, 1.82) is 0 Å². The third-order valence-electron chi connectivity index (χ3n) is 7.20. The van der Waals surface area contributed by atoms with E-state index in [9.17, 15) is 9.59 Å². The molecule has 2 saturated heterocycles. The Morgan fingerprint density at radius 2 is 1.61 bits per heavy atom. The standard InChI is InChI=1S/C26H36N4O2S/c1-18(2)19-6-8-20(9-7-19)23-10-11-24(33-23)25(31)28(4)22-13-15-30(17-22)26(32)29(5)21-12-14-27(3)16-21/h6-11,18,21-22H,12-17H2,1-5H3/t21-,22+/m1/s1. The third-order valence-corrected chi connectivity index (χ3v) is 8.32. The van der Waals surface area contributed by atoms with Crippen molar-refractivity contribution in [3.8, 4) is 10.4 Å². The first-order valence-corrected chi connectivity index (χ1v) is 12.7. The van der Waals surface area contributed by atoms with E-state index in [4.69, 9.17) is 0 Å². The number of carbonyl (C=O) groups excluding carboxylic acids is 2. The summed E-state index contributed by atoms with van der Waals surface area (Å²) in [5.74, 6) is 0.542. The van der Waals surface area contributed by atoms with Gasteiger partial charge in [0, 0.05) is 44.6 Å². The van der Waals surface area contributed by atoms with Crippen LogP contribution < -0.4 is 0 Å². The van der Waals surface area contributed by atoms with Crippen LogP contribution in [0.25, 0.3) is 10.4 Å². The zero-order valence-corrected chi connectivity index (χ0v) is 21.3. The minimum atomic E-state index is 0.0371. The van der Waals surface area contributed by atoms with Gasteiger partial charge in [0.15, 0.2) is 0 Å². The number of thiophene rings is 1. The van der Waals surface area contributed by atoms with Crippen LogP contribution in [-0.2, 0) is 0 Å². The lowest BCUT2D eigenvalue weighted by Gasteiger charge is -2.30. The number of nitrogens with zero attached hydrogens (tertiary/aromatic N) is 4. The average Bonchev–Trinajstić information content (AvgIpc) is 3.58. The van der Waals surface area contributed by atoms with Gasteiger partial charge >= 0.3 is 6.03 Å². The molecule has 0 aliphatic carbocycles. The second kappa shape index (κ2) is 9.85. The number of urea groups is 1. The Labute approximate surface area is 201 Å². The van der Waals surface area contributed by atoms with E-state index in [1.54, 1.807) is 0 Å². The molecule has 7 heteroatoms. The minimum Gasteiger partial charge on any atom is -0.336 e. The van der Waals surface area contributed by atoms with Crippen molar-refractivity contribution in [2.75, 3.05) is 47.3 Å². The van der Waals surface area contributed by atoms with Gasteiger partial charge in [-0.15, -0.1) is 11.3 Å². The van der Waals surface area contributed by atoms with Crippen LogP contribution in [0.2, 0.25) is 0 Å². The van der Waals surface area contributed by atoms with Crippen molar-refractivity contribution in [2.45, 2.75) is 44.7 Å².